The number of rotatable bonds is 5. The molecule has 0 radical (unpaired) electrons. The largest absolute Gasteiger partial charge is 0.493 e. The summed E-state index contributed by atoms with van der Waals surface area (Å²) in [6.07, 6.45) is 0.798. The molecule has 10 nitrogen and oxygen atoms in total. The lowest BCUT2D eigenvalue weighted by atomic mass is 9.98. The molecule has 5 rings (SSSR count). The zero-order valence-corrected chi connectivity index (χ0v) is 20.7. The summed E-state index contributed by atoms with van der Waals surface area (Å²) in [4.78, 5) is 32.2. The Morgan fingerprint density at radius 3 is 2.43 bits per heavy atom. The maximum Gasteiger partial charge on any atom is 0.264 e. The molecular formula is C25H30N6O4. The summed E-state index contributed by atoms with van der Waals surface area (Å²) in [7, 11) is 8.69. The molecule has 0 amide bonds. The van der Waals surface area contributed by atoms with Gasteiger partial charge in [-0.1, -0.05) is 12.1 Å². The van der Waals surface area contributed by atoms with E-state index in [1.165, 1.54) is 25.3 Å². The summed E-state index contributed by atoms with van der Waals surface area (Å²) >= 11 is 0. The van der Waals surface area contributed by atoms with E-state index in [4.69, 9.17) is 24.2 Å². The summed E-state index contributed by atoms with van der Waals surface area (Å²) in [5.41, 5.74) is 3.60. The fourth-order valence-corrected chi connectivity index (χ4v) is 4.85. The van der Waals surface area contributed by atoms with E-state index in [2.05, 4.69) is 45.9 Å². The molecule has 184 valence electrons. The Bertz CT molecular complexity index is 1360. The van der Waals surface area contributed by atoms with Crippen LogP contribution < -0.4 is 24.7 Å². The maximum absolute atomic E-state index is 13.1. The first kappa shape index (κ1) is 22.8. The van der Waals surface area contributed by atoms with Crippen LogP contribution in [0.2, 0.25) is 0 Å². The van der Waals surface area contributed by atoms with Gasteiger partial charge in [0.1, 0.15) is 5.39 Å². The Labute approximate surface area is 203 Å². The number of hydrogen-bond acceptors (Lipinski definition) is 7. The van der Waals surface area contributed by atoms with E-state index in [-0.39, 0.29) is 5.56 Å². The van der Waals surface area contributed by atoms with E-state index in [0.717, 1.165) is 31.2 Å². The van der Waals surface area contributed by atoms with Crippen molar-refractivity contribution in [1.82, 2.24) is 19.8 Å². The Balaban J connectivity index is 1.52. The number of guanidine groups is 1. The quantitative estimate of drug-likeness (QED) is 0.597. The number of H-pyrrole nitrogens is 1. The number of nitrogens with one attached hydrogen (secondary N) is 1. The predicted molar refractivity (Wildman–Crippen MR) is 136 cm³/mol. The van der Waals surface area contributed by atoms with Crippen molar-refractivity contribution in [2.45, 2.75) is 13.0 Å². The van der Waals surface area contributed by atoms with Crippen molar-refractivity contribution in [2.24, 2.45) is 4.99 Å². The van der Waals surface area contributed by atoms with Gasteiger partial charge in [0.25, 0.3) is 5.56 Å². The van der Waals surface area contributed by atoms with Gasteiger partial charge in [-0.3, -0.25) is 9.78 Å². The lowest BCUT2D eigenvalue weighted by Crippen LogP contribution is -2.33. The lowest BCUT2D eigenvalue weighted by Gasteiger charge is -2.30. The molecule has 10 heteroatoms. The van der Waals surface area contributed by atoms with Gasteiger partial charge in [0.15, 0.2) is 11.5 Å². The van der Waals surface area contributed by atoms with Crippen LogP contribution in [0, 0.1) is 0 Å². The van der Waals surface area contributed by atoms with Crippen LogP contribution in [0.15, 0.2) is 34.1 Å². The van der Waals surface area contributed by atoms with Gasteiger partial charge in [0.05, 0.1) is 32.5 Å². The average Bonchev–Trinajstić information content (AvgIpc) is 3.19. The van der Waals surface area contributed by atoms with Crippen molar-refractivity contribution in [3.63, 3.8) is 0 Å². The van der Waals surface area contributed by atoms with Crippen LogP contribution in [0.3, 0.4) is 0 Å². The van der Waals surface area contributed by atoms with E-state index in [1.54, 1.807) is 13.2 Å². The van der Waals surface area contributed by atoms with E-state index in [9.17, 15) is 4.79 Å². The SMILES string of the molecule is COc1cc2nc(N3CCc4c(cccc4N=C4N(C)CCN4C)C3)[nH]c(=O)c2c(OC)c1OC. The van der Waals surface area contributed by atoms with Gasteiger partial charge in [0.2, 0.25) is 17.7 Å². The number of aliphatic imine (C=N–C) groups is 1. The molecule has 0 bridgehead atoms. The van der Waals surface area contributed by atoms with E-state index >= 15 is 0 Å². The molecule has 3 aromatic rings. The van der Waals surface area contributed by atoms with E-state index < -0.39 is 0 Å². The van der Waals surface area contributed by atoms with Gasteiger partial charge in [-0.25, -0.2) is 9.98 Å². The van der Waals surface area contributed by atoms with Gasteiger partial charge >= 0.3 is 0 Å². The number of methoxy groups -OCH3 is 3. The molecule has 35 heavy (non-hydrogen) atoms. The van der Waals surface area contributed by atoms with Gasteiger partial charge in [0, 0.05) is 46.3 Å². The molecule has 0 saturated carbocycles. The second-order valence-electron chi connectivity index (χ2n) is 8.77. The third-order valence-electron chi connectivity index (χ3n) is 6.70. The topological polar surface area (TPSA) is 95.5 Å². The second kappa shape index (κ2) is 9.01. The van der Waals surface area contributed by atoms with Crippen LogP contribution in [0.1, 0.15) is 11.1 Å². The molecule has 1 aromatic heterocycles. The first-order valence-electron chi connectivity index (χ1n) is 11.5. The first-order chi connectivity index (χ1) is 16.9. The van der Waals surface area contributed by atoms with Crippen molar-refractivity contribution in [2.75, 3.05) is 60.0 Å². The molecule has 0 unspecified atom stereocenters. The van der Waals surface area contributed by atoms with Crippen molar-refractivity contribution < 1.29 is 14.2 Å². The third kappa shape index (κ3) is 3.88. The molecule has 2 aliphatic heterocycles. The smallest absolute Gasteiger partial charge is 0.264 e. The van der Waals surface area contributed by atoms with Crippen molar-refractivity contribution >= 4 is 28.5 Å². The molecule has 1 N–H and O–H groups in total. The zero-order chi connectivity index (χ0) is 24.7. The number of ether oxygens (including phenoxy) is 3. The van der Waals surface area contributed by atoms with Crippen molar-refractivity contribution in [3.05, 3.63) is 45.7 Å². The molecule has 0 atom stereocenters. The van der Waals surface area contributed by atoms with E-state index in [0.29, 0.717) is 47.2 Å². The van der Waals surface area contributed by atoms with Crippen LogP contribution in [-0.2, 0) is 13.0 Å². The van der Waals surface area contributed by atoms with Crippen molar-refractivity contribution in [3.8, 4) is 17.2 Å². The number of aromatic nitrogens is 2. The summed E-state index contributed by atoms with van der Waals surface area (Å²) in [5.74, 6) is 2.61. The molecule has 0 spiro atoms. The fourth-order valence-electron chi connectivity index (χ4n) is 4.85. The molecular weight excluding hydrogens is 448 g/mol. The van der Waals surface area contributed by atoms with Gasteiger partial charge in [-0.2, -0.15) is 0 Å². The molecule has 2 aliphatic rings. The Hall–Kier alpha value is -3.95. The number of aromatic amines is 1. The highest BCUT2D eigenvalue weighted by Crippen LogP contribution is 2.41. The summed E-state index contributed by atoms with van der Waals surface area (Å²) in [6.45, 7) is 3.28. The monoisotopic (exact) mass is 478 g/mol. The van der Waals surface area contributed by atoms with Crippen LogP contribution in [0.4, 0.5) is 11.6 Å². The molecule has 3 heterocycles. The lowest BCUT2D eigenvalue weighted by molar-refractivity contribution is 0.327. The highest BCUT2D eigenvalue weighted by molar-refractivity contribution is 5.90. The number of hydrogen-bond donors (Lipinski definition) is 1. The summed E-state index contributed by atoms with van der Waals surface area (Å²) in [6, 6.07) is 7.93. The van der Waals surface area contributed by atoms with Crippen molar-refractivity contribution in [1.29, 1.82) is 0 Å². The number of nitrogens with zero attached hydrogens (tertiary/aromatic N) is 5. The number of likely N-dealkylation sites (N-methyl/N-ethyl adjacent to an activating group) is 2. The second-order valence-corrected chi connectivity index (χ2v) is 8.77. The van der Waals surface area contributed by atoms with E-state index in [1.807, 2.05) is 6.07 Å². The van der Waals surface area contributed by atoms with Crippen LogP contribution in [0.25, 0.3) is 10.9 Å². The Morgan fingerprint density at radius 2 is 1.74 bits per heavy atom. The average molecular weight is 479 g/mol. The molecule has 0 aliphatic carbocycles. The van der Waals surface area contributed by atoms with Gasteiger partial charge < -0.3 is 28.9 Å². The molecule has 1 saturated heterocycles. The minimum Gasteiger partial charge on any atom is -0.493 e. The number of anilines is 1. The number of fused-ring (bicyclic) bond motifs is 2. The fraction of sp³-hybridized carbons (Fsp3) is 0.400. The highest BCUT2D eigenvalue weighted by atomic mass is 16.5. The zero-order valence-electron chi connectivity index (χ0n) is 20.7. The van der Waals surface area contributed by atoms with Crippen LogP contribution in [-0.4, -0.2) is 80.8 Å². The summed E-state index contributed by atoms with van der Waals surface area (Å²) in [5, 5.41) is 0.328. The highest BCUT2D eigenvalue weighted by Gasteiger charge is 2.25. The van der Waals surface area contributed by atoms with Crippen LogP contribution in [0.5, 0.6) is 17.2 Å². The van der Waals surface area contributed by atoms with Gasteiger partial charge in [-0.15, -0.1) is 0 Å². The van der Waals surface area contributed by atoms with Crippen LogP contribution >= 0.6 is 0 Å². The minimum absolute atomic E-state index is 0.291. The maximum atomic E-state index is 13.1. The Kier molecular flexibility index (Phi) is 5.88. The Morgan fingerprint density at radius 1 is 1.00 bits per heavy atom. The van der Waals surface area contributed by atoms with Gasteiger partial charge in [-0.05, 0) is 23.6 Å². The summed E-state index contributed by atoms with van der Waals surface area (Å²) < 4.78 is 16.4. The standard InChI is InChI=1S/C25H30N6O4/c1-29-11-12-30(2)25(29)27-17-8-6-7-15-14-31(10-9-16(15)17)24-26-18-13-19(33-3)21(34-4)22(35-5)20(18)23(32)28-24/h6-8,13H,9-12,14H2,1-5H3,(H,26,28,32). The number of benzene rings is 2. The molecule has 1 fully saturated rings. The predicted octanol–water partition coefficient (Wildman–Crippen LogP) is 2.38. The molecule has 2 aromatic carbocycles. The third-order valence-corrected chi connectivity index (χ3v) is 6.70. The first-order valence-corrected chi connectivity index (χ1v) is 11.5. The normalized spacial score (nSPS) is 15.5. The minimum atomic E-state index is -0.291.